The third kappa shape index (κ3) is 2.10. The Hall–Kier alpha value is -0.830. The van der Waals surface area contributed by atoms with Crippen molar-refractivity contribution in [1.82, 2.24) is 5.32 Å². The van der Waals surface area contributed by atoms with Crippen LogP contribution in [0.15, 0.2) is 22.8 Å². The molecule has 2 rings (SSSR count). The van der Waals surface area contributed by atoms with Crippen LogP contribution in [0.3, 0.4) is 0 Å². The Bertz CT molecular complexity index is 275. The van der Waals surface area contributed by atoms with Gasteiger partial charge in [-0.1, -0.05) is 25.1 Å². The van der Waals surface area contributed by atoms with Gasteiger partial charge in [0.2, 0.25) is 0 Å². The number of hydrogen-bond donors (Lipinski definition) is 1. The predicted octanol–water partition coefficient (Wildman–Crippen LogP) is 2.49. The monoisotopic (exact) mass is 195 g/mol. The van der Waals surface area contributed by atoms with Gasteiger partial charge in [0, 0.05) is 6.04 Å². The molecule has 1 fully saturated rings. The highest BCUT2D eigenvalue weighted by molar-refractivity contribution is 7.80. The molecular weight excluding hydrogens is 182 g/mol. The van der Waals surface area contributed by atoms with Gasteiger partial charge >= 0.3 is 0 Å². The van der Waals surface area contributed by atoms with Gasteiger partial charge in [-0.05, 0) is 25.0 Å². The maximum absolute atomic E-state index is 5.21. The molecule has 1 aliphatic rings. The zero-order valence-corrected chi connectivity index (χ0v) is 8.27. The Morgan fingerprint density at radius 1 is 1.46 bits per heavy atom. The first-order valence-corrected chi connectivity index (χ1v) is 5.11. The van der Waals surface area contributed by atoms with Gasteiger partial charge in [0.1, 0.15) is 4.99 Å². The van der Waals surface area contributed by atoms with E-state index in [1.54, 1.807) is 6.26 Å². The van der Waals surface area contributed by atoms with Crippen molar-refractivity contribution in [3.63, 3.8) is 0 Å². The van der Waals surface area contributed by atoms with Crippen molar-refractivity contribution in [2.45, 2.75) is 31.7 Å². The highest BCUT2D eigenvalue weighted by Gasteiger charge is 2.16. The van der Waals surface area contributed by atoms with Crippen molar-refractivity contribution in [3.05, 3.63) is 24.2 Å². The number of thiocarbonyl (C=S) groups is 1. The molecule has 70 valence electrons. The average molecular weight is 195 g/mol. The van der Waals surface area contributed by atoms with Crippen LogP contribution < -0.4 is 5.32 Å². The molecule has 0 bridgehead atoms. The van der Waals surface area contributed by atoms with Gasteiger partial charge < -0.3 is 9.73 Å². The van der Waals surface area contributed by atoms with Gasteiger partial charge in [-0.3, -0.25) is 0 Å². The second-order valence-electron chi connectivity index (χ2n) is 3.43. The normalized spacial score (nSPS) is 17.5. The molecule has 0 atom stereocenters. The fraction of sp³-hybridized carbons (Fsp3) is 0.500. The van der Waals surface area contributed by atoms with Crippen LogP contribution in [0.2, 0.25) is 0 Å². The summed E-state index contributed by atoms with van der Waals surface area (Å²) < 4.78 is 5.20. The zero-order valence-electron chi connectivity index (χ0n) is 7.45. The van der Waals surface area contributed by atoms with Crippen molar-refractivity contribution >= 4 is 17.2 Å². The minimum absolute atomic E-state index is 0.567. The number of rotatable bonds is 2. The van der Waals surface area contributed by atoms with E-state index in [1.807, 2.05) is 12.1 Å². The van der Waals surface area contributed by atoms with Crippen LogP contribution in [0.4, 0.5) is 0 Å². The van der Waals surface area contributed by atoms with Crippen LogP contribution in [-0.4, -0.2) is 11.0 Å². The molecule has 1 aliphatic carbocycles. The van der Waals surface area contributed by atoms with Gasteiger partial charge in [-0.15, -0.1) is 0 Å². The Morgan fingerprint density at radius 2 is 2.23 bits per heavy atom. The molecule has 0 saturated heterocycles. The molecule has 0 unspecified atom stereocenters. The first kappa shape index (κ1) is 8.75. The molecule has 1 aromatic heterocycles. The second kappa shape index (κ2) is 3.92. The Labute approximate surface area is 83.3 Å². The molecule has 0 radical (unpaired) electrons. The third-order valence-corrected chi connectivity index (χ3v) is 2.75. The second-order valence-corrected chi connectivity index (χ2v) is 3.84. The predicted molar refractivity (Wildman–Crippen MR) is 55.8 cm³/mol. The molecule has 0 amide bonds. The van der Waals surface area contributed by atoms with E-state index in [9.17, 15) is 0 Å². The molecule has 0 spiro atoms. The molecule has 0 aromatic carbocycles. The number of furan rings is 1. The maximum Gasteiger partial charge on any atom is 0.160 e. The van der Waals surface area contributed by atoms with Crippen LogP contribution in [0.1, 0.15) is 31.4 Å². The van der Waals surface area contributed by atoms with Crippen LogP contribution in [0.25, 0.3) is 0 Å². The minimum Gasteiger partial charge on any atom is -0.462 e. The first-order valence-electron chi connectivity index (χ1n) is 4.70. The van der Waals surface area contributed by atoms with Gasteiger partial charge in [-0.25, -0.2) is 0 Å². The zero-order chi connectivity index (χ0) is 9.10. The molecule has 1 heterocycles. The quantitative estimate of drug-likeness (QED) is 0.734. The van der Waals surface area contributed by atoms with E-state index >= 15 is 0 Å². The third-order valence-electron chi connectivity index (χ3n) is 2.44. The summed E-state index contributed by atoms with van der Waals surface area (Å²) in [7, 11) is 0. The molecule has 3 heteroatoms. The molecule has 2 nitrogen and oxygen atoms in total. The van der Waals surface area contributed by atoms with Gasteiger partial charge in [0.05, 0.1) is 6.26 Å². The van der Waals surface area contributed by atoms with Gasteiger partial charge in [0.15, 0.2) is 5.76 Å². The van der Waals surface area contributed by atoms with E-state index in [0.717, 1.165) is 10.7 Å². The lowest BCUT2D eigenvalue weighted by atomic mass is 10.2. The standard InChI is InChI=1S/C10H13NOS/c13-10(9-6-3-7-12-9)11-8-4-1-2-5-8/h3,6-8H,1-2,4-5H2,(H,11,13). The summed E-state index contributed by atoms with van der Waals surface area (Å²) in [6.07, 6.45) is 6.76. The Balaban J connectivity index is 1.91. The first-order chi connectivity index (χ1) is 6.36. The van der Waals surface area contributed by atoms with E-state index in [2.05, 4.69) is 5.32 Å². The van der Waals surface area contributed by atoms with E-state index in [1.165, 1.54) is 25.7 Å². The highest BCUT2D eigenvalue weighted by Crippen LogP contribution is 2.18. The molecule has 13 heavy (non-hydrogen) atoms. The van der Waals surface area contributed by atoms with E-state index < -0.39 is 0 Å². The fourth-order valence-corrected chi connectivity index (χ4v) is 2.02. The van der Waals surface area contributed by atoms with Crippen molar-refractivity contribution in [2.24, 2.45) is 0 Å². The van der Waals surface area contributed by atoms with Crippen molar-refractivity contribution < 1.29 is 4.42 Å². The summed E-state index contributed by atoms with van der Waals surface area (Å²) in [4.78, 5) is 0.747. The SMILES string of the molecule is S=C(NC1CCCC1)c1ccco1. The average Bonchev–Trinajstić information content (AvgIpc) is 2.74. The molecular formula is C10H13NOS. The molecule has 1 saturated carbocycles. The van der Waals surface area contributed by atoms with Crippen molar-refractivity contribution in [2.75, 3.05) is 0 Å². The maximum atomic E-state index is 5.21. The summed E-state index contributed by atoms with van der Waals surface area (Å²) >= 11 is 5.21. The van der Waals surface area contributed by atoms with E-state index in [4.69, 9.17) is 16.6 Å². The van der Waals surface area contributed by atoms with Crippen LogP contribution in [-0.2, 0) is 0 Å². The van der Waals surface area contributed by atoms with E-state index in [-0.39, 0.29) is 0 Å². The topological polar surface area (TPSA) is 25.2 Å². The largest absolute Gasteiger partial charge is 0.462 e. The number of hydrogen-bond acceptors (Lipinski definition) is 2. The van der Waals surface area contributed by atoms with Crippen LogP contribution in [0.5, 0.6) is 0 Å². The van der Waals surface area contributed by atoms with Crippen molar-refractivity contribution in [1.29, 1.82) is 0 Å². The summed E-state index contributed by atoms with van der Waals surface area (Å²) in [6.45, 7) is 0. The Morgan fingerprint density at radius 3 is 2.85 bits per heavy atom. The Kier molecular flexibility index (Phi) is 2.64. The summed E-state index contributed by atoms with van der Waals surface area (Å²) in [5.41, 5.74) is 0. The van der Waals surface area contributed by atoms with Crippen molar-refractivity contribution in [3.8, 4) is 0 Å². The lowest BCUT2D eigenvalue weighted by Crippen LogP contribution is -2.31. The lowest BCUT2D eigenvalue weighted by Gasteiger charge is -2.12. The summed E-state index contributed by atoms with van der Waals surface area (Å²) in [6, 6.07) is 4.32. The van der Waals surface area contributed by atoms with Crippen LogP contribution in [0, 0.1) is 0 Å². The lowest BCUT2D eigenvalue weighted by molar-refractivity contribution is 0.548. The van der Waals surface area contributed by atoms with Gasteiger partial charge in [0.25, 0.3) is 0 Å². The molecule has 1 aromatic rings. The van der Waals surface area contributed by atoms with E-state index in [0.29, 0.717) is 6.04 Å². The van der Waals surface area contributed by atoms with Gasteiger partial charge in [-0.2, -0.15) is 0 Å². The number of nitrogens with one attached hydrogen (secondary N) is 1. The summed E-state index contributed by atoms with van der Waals surface area (Å²) in [5, 5.41) is 3.32. The molecule has 0 aliphatic heterocycles. The molecule has 1 N–H and O–H groups in total. The smallest absolute Gasteiger partial charge is 0.160 e. The fourth-order valence-electron chi connectivity index (χ4n) is 1.73. The minimum atomic E-state index is 0.567. The highest BCUT2D eigenvalue weighted by atomic mass is 32.1. The van der Waals surface area contributed by atoms with Crippen LogP contribution >= 0.6 is 12.2 Å². The summed E-state index contributed by atoms with van der Waals surface area (Å²) in [5.74, 6) is 0.780.